The van der Waals surface area contributed by atoms with Crippen molar-refractivity contribution in [3.63, 3.8) is 0 Å². The van der Waals surface area contributed by atoms with E-state index in [1.807, 2.05) is 0 Å². The number of halogens is 6. The van der Waals surface area contributed by atoms with E-state index in [-0.39, 0.29) is 27.7 Å². The van der Waals surface area contributed by atoms with Gasteiger partial charge in [0, 0.05) is 6.26 Å². The molecule has 158 valence electrons. The zero-order valence-electron chi connectivity index (χ0n) is 14.3. The molecule has 0 saturated carbocycles. The van der Waals surface area contributed by atoms with Gasteiger partial charge in [-0.25, -0.2) is 9.79 Å². The van der Waals surface area contributed by atoms with Crippen LogP contribution in [0.2, 0.25) is 10.0 Å². The summed E-state index contributed by atoms with van der Waals surface area (Å²) in [7, 11) is -1.50. The highest BCUT2D eigenvalue weighted by atomic mass is 79.9. The Morgan fingerprint density at radius 2 is 2.00 bits per heavy atom. The van der Waals surface area contributed by atoms with Gasteiger partial charge in [0.15, 0.2) is 0 Å². The van der Waals surface area contributed by atoms with E-state index in [2.05, 4.69) is 31.5 Å². The number of nitrogens with two attached hydrogens (primary N) is 1. The highest BCUT2D eigenvalue weighted by Crippen LogP contribution is 2.40. The fourth-order valence-corrected chi connectivity index (χ4v) is 3.18. The molecule has 0 spiro atoms. The van der Waals surface area contributed by atoms with Gasteiger partial charge in [0.05, 0.1) is 32.6 Å². The predicted octanol–water partition coefficient (Wildman–Crippen LogP) is 3.51. The van der Waals surface area contributed by atoms with E-state index in [9.17, 15) is 22.2 Å². The van der Waals surface area contributed by atoms with Crippen molar-refractivity contribution >= 4 is 73.4 Å². The summed E-state index contributed by atoms with van der Waals surface area (Å²) in [6, 6.07) is 1.26. The quantitative estimate of drug-likeness (QED) is 0.269. The number of hydrogen-bond donors (Lipinski definition) is 2. The van der Waals surface area contributed by atoms with E-state index in [4.69, 9.17) is 33.8 Å². The van der Waals surface area contributed by atoms with Crippen molar-refractivity contribution in [1.82, 2.24) is 15.3 Å². The monoisotopic (exact) mass is 535 g/mol. The van der Waals surface area contributed by atoms with E-state index < -0.39 is 38.6 Å². The van der Waals surface area contributed by atoms with Gasteiger partial charge < -0.3 is 10.6 Å². The number of carbonyl (C=O) groups is 1. The number of nitrogen functional groups attached to an aromatic ring is 1. The third kappa shape index (κ3) is 5.62. The molecule has 0 fully saturated rings. The van der Waals surface area contributed by atoms with Gasteiger partial charge >= 0.3 is 12.1 Å². The van der Waals surface area contributed by atoms with Crippen LogP contribution < -0.4 is 11.2 Å². The minimum atomic E-state index is -4.67. The maximum absolute atomic E-state index is 12.9. The summed E-state index contributed by atoms with van der Waals surface area (Å²) in [5.41, 5.74) is 6.71. The van der Waals surface area contributed by atoms with Crippen LogP contribution in [0.25, 0.3) is 0 Å². The van der Waals surface area contributed by atoms with Gasteiger partial charge in [0.2, 0.25) is 0 Å². The molecule has 1 aromatic carbocycles. The topological polar surface area (TPSA) is 112 Å². The Bertz CT molecular complexity index is 976. The van der Waals surface area contributed by atoms with Gasteiger partial charge in [-0.15, -0.1) is 0 Å². The van der Waals surface area contributed by atoms with Crippen LogP contribution >= 0.6 is 39.1 Å². The number of rotatable bonds is 3. The number of benzene rings is 1. The first-order valence-corrected chi connectivity index (χ1v) is 10.7. The van der Waals surface area contributed by atoms with Gasteiger partial charge in [-0.3, -0.25) is 4.21 Å². The average molecular weight is 537 g/mol. The molecule has 8 nitrogen and oxygen atoms in total. The number of aliphatic imine (C=N–C) groups is 1. The summed E-state index contributed by atoms with van der Waals surface area (Å²) < 4.78 is 51.3. The van der Waals surface area contributed by atoms with Crippen LogP contribution in [0.3, 0.4) is 0 Å². The Morgan fingerprint density at radius 1 is 1.41 bits per heavy atom. The van der Waals surface area contributed by atoms with E-state index in [0.717, 1.165) is 4.68 Å². The molecule has 0 radical (unpaired) electrons. The van der Waals surface area contributed by atoms with Crippen LogP contribution in [-0.2, 0) is 26.6 Å². The van der Waals surface area contributed by atoms with E-state index in [1.165, 1.54) is 12.5 Å². The fourth-order valence-electron chi connectivity index (χ4n) is 1.92. The van der Waals surface area contributed by atoms with Gasteiger partial charge in [-0.1, -0.05) is 39.1 Å². The summed E-state index contributed by atoms with van der Waals surface area (Å²) in [6.45, 7) is 0. The van der Waals surface area contributed by atoms with Gasteiger partial charge in [0.1, 0.15) is 21.7 Å². The zero-order chi connectivity index (χ0) is 21.9. The normalized spacial score (nSPS) is 13.3. The van der Waals surface area contributed by atoms with Crippen molar-refractivity contribution in [3.05, 3.63) is 33.9 Å². The molecular formula is C14H11BrCl2F3N5O3S. The Balaban J connectivity index is 2.59. The van der Waals surface area contributed by atoms with Crippen LogP contribution in [0.15, 0.2) is 28.2 Å². The Kier molecular flexibility index (Phi) is 7.54. The molecule has 29 heavy (non-hydrogen) atoms. The number of aromatic nitrogens is 2. The van der Waals surface area contributed by atoms with Crippen molar-refractivity contribution < 1.29 is 27.0 Å². The molecule has 2 aromatic rings. The number of anilines is 1. The highest BCUT2D eigenvalue weighted by molar-refractivity contribution is 9.09. The second-order valence-corrected chi connectivity index (χ2v) is 7.91. The minimum Gasteiger partial charge on any atom is -0.382 e. The van der Waals surface area contributed by atoms with Crippen molar-refractivity contribution in [3.8, 4) is 0 Å². The summed E-state index contributed by atoms with van der Waals surface area (Å²) in [5.74, 6) is -1.24. The molecule has 2 rings (SSSR count). The summed E-state index contributed by atoms with van der Waals surface area (Å²) in [6.07, 6.45) is -2.13. The number of alkyl halides is 4. The van der Waals surface area contributed by atoms with Gasteiger partial charge in [-0.2, -0.15) is 28.4 Å². The number of hydroxylamine groups is 1. The Hall–Kier alpha value is -1.83. The second kappa shape index (κ2) is 9.32. The van der Waals surface area contributed by atoms with Crippen molar-refractivity contribution in [2.45, 2.75) is 11.1 Å². The van der Waals surface area contributed by atoms with Crippen LogP contribution in [0.1, 0.15) is 5.56 Å². The molecular weight excluding hydrogens is 526 g/mol. The molecule has 0 saturated heterocycles. The van der Waals surface area contributed by atoms with E-state index in [1.54, 1.807) is 0 Å². The van der Waals surface area contributed by atoms with Crippen LogP contribution in [-0.4, -0.2) is 37.5 Å². The highest BCUT2D eigenvalue weighted by Gasteiger charge is 2.32. The first kappa shape index (κ1) is 23.4. The van der Waals surface area contributed by atoms with E-state index in [0.29, 0.717) is 12.1 Å². The fraction of sp³-hybridized carbons (Fsp3) is 0.214. The SMILES string of the molecule is CS(=O)c1cnn(C(=Nc2c(Cl)cc(C(F)(F)F)cc2Cl)NOC(=O)CBr)c1N. The number of carbonyl (C=O) groups excluding carboxylic acids is 1. The van der Waals surface area contributed by atoms with Crippen molar-refractivity contribution in [1.29, 1.82) is 0 Å². The molecule has 1 aromatic heterocycles. The van der Waals surface area contributed by atoms with Crippen LogP contribution in [0.5, 0.6) is 0 Å². The van der Waals surface area contributed by atoms with Crippen LogP contribution in [0.4, 0.5) is 24.7 Å². The zero-order valence-corrected chi connectivity index (χ0v) is 18.2. The molecule has 1 heterocycles. The smallest absolute Gasteiger partial charge is 0.382 e. The lowest BCUT2D eigenvalue weighted by Crippen LogP contribution is -2.34. The number of nitrogens with zero attached hydrogens (tertiary/aromatic N) is 3. The first-order chi connectivity index (χ1) is 13.5. The van der Waals surface area contributed by atoms with Gasteiger partial charge in [-0.05, 0) is 12.1 Å². The third-order valence-electron chi connectivity index (χ3n) is 3.21. The Labute approximate surface area is 182 Å². The molecule has 1 unspecified atom stereocenters. The standard InChI is InChI=1S/C14H11BrCl2F3N5O3S/c1-29(27)9-5-22-25(12(9)21)13(24-28-10(26)4-15)23-11-7(16)2-6(3-8(11)17)14(18,19)20/h2-3,5H,4,21H2,1H3,(H,23,24). The van der Waals surface area contributed by atoms with Gasteiger partial charge in [0.25, 0.3) is 5.96 Å². The lowest BCUT2D eigenvalue weighted by molar-refractivity contribution is -0.144. The molecule has 1 atom stereocenters. The minimum absolute atomic E-state index is 0.119. The lowest BCUT2D eigenvalue weighted by atomic mass is 10.2. The van der Waals surface area contributed by atoms with Crippen LogP contribution in [0, 0.1) is 0 Å². The summed E-state index contributed by atoms with van der Waals surface area (Å²) in [5, 5.41) is 2.86. The molecule has 3 N–H and O–H groups in total. The van der Waals surface area contributed by atoms with Crippen molar-refractivity contribution in [2.24, 2.45) is 4.99 Å². The van der Waals surface area contributed by atoms with E-state index >= 15 is 0 Å². The van der Waals surface area contributed by atoms with Crippen molar-refractivity contribution in [2.75, 3.05) is 17.3 Å². The molecule has 0 aliphatic rings. The largest absolute Gasteiger partial charge is 0.416 e. The summed E-state index contributed by atoms with van der Waals surface area (Å²) >= 11 is 14.7. The Morgan fingerprint density at radius 3 is 2.45 bits per heavy atom. The first-order valence-electron chi connectivity index (χ1n) is 7.29. The lowest BCUT2D eigenvalue weighted by Gasteiger charge is -2.13. The molecule has 0 amide bonds. The predicted molar refractivity (Wildman–Crippen MR) is 106 cm³/mol. The average Bonchev–Trinajstić information content (AvgIpc) is 3.01. The number of hydrogen-bond acceptors (Lipinski definition) is 6. The molecule has 0 aliphatic heterocycles. The number of nitrogens with one attached hydrogen (secondary N) is 1. The third-order valence-corrected chi connectivity index (χ3v) is 5.18. The maximum atomic E-state index is 12.9. The summed E-state index contributed by atoms with van der Waals surface area (Å²) in [4.78, 5) is 20.3. The molecule has 0 aliphatic carbocycles. The molecule has 15 heteroatoms. The second-order valence-electron chi connectivity index (χ2n) is 5.19. The molecule has 0 bridgehead atoms. The maximum Gasteiger partial charge on any atom is 0.416 e.